The molecule has 2 rings (SSSR count). The Kier molecular flexibility index (Phi) is 3.23. The van der Waals surface area contributed by atoms with Gasteiger partial charge in [-0.3, -0.25) is 5.41 Å². The Bertz CT molecular complexity index is 389. The minimum atomic E-state index is -0.0361. The molecular weight excluding hydrogens is 208 g/mol. The van der Waals surface area contributed by atoms with Crippen molar-refractivity contribution >= 4 is 5.84 Å². The minimum Gasteiger partial charge on any atom is -0.359 e. The maximum Gasteiger partial charge on any atom is 0.101 e. The molecule has 0 aromatic heterocycles. The number of amidine groups is 1. The van der Waals surface area contributed by atoms with Gasteiger partial charge >= 0.3 is 0 Å². The van der Waals surface area contributed by atoms with Crippen molar-refractivity contribution in [2.75, 3.05) is 13.1 Å². The summed E-state index contributed by atoms with van der Waals surface area (Å²) in [7, 11) is 0. The number of likely N-dealkylation sites (tertiary alicyclic amines) is 1. The van der Waals surface area contributed by atoms with E-state index in [1.54, 1.807) is 0 Å². The molecule has 0 aliphatic carbocycles. The van der Waals surface area contributed by atoms with Gasteiger partial charge in [-0.25, -0.2) is 0 Å². The lowest BCUT2D eigenvalue weighted by atomic mass is 9.94. The van der Waals surface area contributed by atoms with Crippen LogP contribution in [0.2, 0.25) is 0 Å². The summed E-state index contributed by atoms with van der Waals surface area (Å²) in [6, 6.07) is 10.7. The van der Waals surface area contributed by atoms with Gasteiger partial charge in [0, 0.05) is 24.4 Å². The van der Waals surface area contributed by atoms with E-state index in [0.717, 1.165) is 18.9 Å². The monoisotopic (exact) mass is 230 g/mol. The summed E-state index contributed by atoms with van der Waals surface area (Å²) in [5, 5.41) is 8.22. The number of rotatable bonds is 1. The Balaban J connectivity index is 2.04. The van der Waals surface area contributed by atoms with E-state index in [9.17, 15) is 0 Å². The van der Waals surface area contributed by atoms with E-state index in [0.29, 0.717) is 5.92 Å². The molecule has 0 spiro atoms. The average Bonchev–Trinajstić information content (AvgIpc) is 2.77. The van der Waals surface area contributed by atoms with E-state index in [-0.39, 0.29) is 5.41 Å². The van der Waals surface area contributed by atoms with Gasteiger partial charge in [-0.1, -0.05) is 51.1 Å². The lowest BCUT2D eigenvalue weighted by Crippen LogP contribution is -2.37. The predicted octanol–water partition coefficient (Wildman–Crippen LogP) is 3.50. The first-order valence-corrected chi connectivity index (χ1v) is 6.37. The van der Waals surface area contributed by atoms with Crippen LogP contribution in [0.25, 0.3) is 0 Å². The summed E-state index contributed by atoms with van der Waals surface area (Å²) in [6.45, 7) is 8.37. The van der Waals surface area contributed by atoms with Gasteiger partial charge in [0.25, 0.3) is 0 Å². The first kappa shape index (κ1) is 12.2. The summed E-state index contributed by atoms with van der Waals surface area (Å²) in [6.07, 6.45) is 1.17. The summed E-state index contributed by atoms with van der Waals surface area (Å²) < 4.78 is 0. The Hall–Kier alpha value is -1.31. The van der Waals surface area contributed by atoms with Crippen molar-refractivity contribution in [2.24, 2.45) is 5.41 Å². The van der Waals surface area contributed by atoms with Crippen LogP contribution in [0, 0.1) is 10.8 Å². The standard InChI is InChI=1S/C15H22N2/c1-15(2,3)14(16)17-10-9-13(11-17)12-7-5-4-6-8-12/h4-8,13,16H,9-11H2,1-3H3. The van der Waals surface area contributed by atoms with Gasteiger partial charge in [-0.05, 0) is 12.0 Å². The lowest BCUT2D eigenvalue weighted by Gasteiger charge is -2.29. The molecule has 1 unspecified atom stereocenters. The fraction of sp³-hybridized carbons (Fsp3) is 0.533. The second-order valence-electron chi connectivity index (χ2n) is 5.94. The molecule has 1 aromatic rings. The Morgan fingerprint density at radius 3 is 2.47 bits per heavy atom. The molecule has 1 aromatic carbocycles. The second kappa shape index (κ2) is 4.52. The number of nitrogens with one attached hydrogen (secondary N) is 1. The van der Waals surface area contributed by atoms with E-state index in [4.69, 9.17) is 5.41 Å². The fourth-order valence-electron chi connectivity index (χ4n) is 2.43. The summed E-state index contributed by atoms with van der Waals surface area (Å²) in [5.41, 5.74) is 1.38. The predicted molar refractivity (Wildman–Crippen MR) is 72.6 cm³/mol. The molecule has 2 heteroatoms. The summed E-state index contributed by atoms with van der Waals surface area (Å²) in [5.74, 6) is 1.37. The van der Waals surface area contributed by atoms with Crippen LogP contribution in [0.3, 0.4) is 0 Å². The molecular formula is C15H22N2. The first-order valence-electron chi connectivity index (χ1n) is 6.37. The van der Waals surface area contributed by atoms with Gasteiger partial charge < -0.3 is 4.90 Å². The molecule has 1 aliphatic heterocycles. The largest absolute Gasteiger partial charge is 0.359 e. The molecule has 2 nitrogen and oxygen atoms in total. The maximum atomic E-state index is 8.22. The highest BCUT2D eigenvalue weighted by molar-refractivity contribution is 5.84. The van der Waals surface area contributed by atoms with E-state index in [1.807, 2.05) is 0 Å². The molecule has 0 bridgehead atoms. The Morgan fingerprint density at radius 2 is 1.88 bits per heavy atom. The van der Waals surface area contributed by atoms with Gasteiger partial charge in [-0.2, -0.15) is 0 Å². The second-order valence-corrected chi connectivity index (χ2v) is 5.94. The molecule has 1 saturated heterocycles. The molecule has 1 fully saturated rings. The first-order chi connectivity index (χ1) is 7.98. The normalized spacial score (nSPS) is 20.6. The van der Waals surface area contributed by atoms with Gasteiger partial charge in [0.15, 0.2) is 0 Å². The van der Waals surface area contributed by atoms with Crippen LogP contribution < -0.4 is 0 Å². The van der Waals surface area contributed by atoms with Crippen molar-refractivity contribution in [3.05, 3.63) is 35.9 Å². The third kappa shape index (κ3) is 2.68. The molecule has 1 aliphatic rings. The molecule has 1 N–H and O–H groups in total. The van der Waals surface area contributed by atoms with Gasteiger partial charge in [0.2, 0.25) is 0 Å². The van der Waals surface area contributed by atoms with Crippen LogP contribution in [-0.4, -0.2) is 23.8 Å². The van der Waals surface area contributed by atoms with Crippen molar-refractivity contribution in [3.63, 3.8) is 0 Å². The zero-order chi connectivity index (χ0) is 12.5. The van der Waals surface area contributed by atoms with Crippen molar-refractivity contribution in [1.29, 1.82) is 5.41 Å². The Labute approximate surface area is 104 Å². The average molecular weight is 230 g/mol. The van der Waals surface area contributed by atoms with E-state index < -0.39 is 0 Å². The minimum absolute atomic E-state index is 0.0361. The number of hydrogen-bond acceptors (Lipinski definition) is 1. The van der Waals surface area contributed by atoms with Crippen LogP contribution in [0.15, 0.2) is 30.3 Å². The molecule has 0 radical (unpaired) electrons. The highest BCUT2D eigenvalue weighted by atomic mass is 15.2. The van der Waals surface area contributed by atoms with E-state index >= 15 is 0 Å². The smallest absolute Gasteiger partial charge is 0.101 e. The zero-order valence-corrected chi connectivity index (χ0v) is 11.0. The SMILES string of the molecule is CC(C)(C)C(=N)N1CCC(c2ccccc2)C1. The molecule has 17 heavy (non-hydrogen) atoms. The fourth-order valence-corrected chi connectivity index (χ4v) is 2.43. The van der Waals surface area contributed by atoms with Gasteiger partial charge in [0.1, 0.15) is 5.84 Å². The molecule has 1 heterocycles. The van der Waals surface area contributed by atoms with Crippen LogP contribution in [0.1, 0.15) is 38.7 Å². The van der Waals surface area contributed by atoms with Crippen molar-refractivity contribution in [3.8, 4) is 0 Å². The topological polar surface area (TPSA) is 27.1 Å². The maximum absolute atomic E-state index is 8.22. The third-order valence-corrected chi connectivity index (χ3v) is 3.49. The van der Waals surface area contributed by atoms with Crippen LogP contribution >= 0.6 is 0 Å². The molecule has 0 saturated carbocycles. The highest BCUT2D eigenvalue weighted by Gasteiger charge is 2.30. The summed E-state index contributed by atoms with van der Waals surface area (Å²) >= 11 is 0. The van der Waals surface area contributed by atoms with Crippen LogP contribution in [-0.2, 0) is 0 Å². The van der Waals surface area contributed by atoms with Crippen molar-refractivity contribution < 1.29 is 0 Å². The highest BCUT2D eigenvalue weighted by Crippen LogP contribution is 2.30. The number of nitrogens with zero attached hydrogens (tertiary/aromatic N) is 1. The molecule has 1 atom stereocenters. The van der Waals surface area contributed by atoms with Gasteiger partial charge in [-0.15, -0.1) is 0 Å². The molecule has 0 amide bonds. The van der Waals surface area contributed by atoms with Crippen LogP contribution in [0.5, 0.6) is 0 Å². The molecule has 92 valence electrons. The van der Waals surface area contributed by atoms with E-state index in [2.05, 4.69) is 56.0 Å². The van der Waals surface area contributed by atoms with Crippen molar-refractivity contribution in [2.45, 2.75) is 33.1 Å². The Morgan fingerprint density at radius 1 is 1.24 bits per heavy atom. The van der Waals surface area contributed by atoms with E-state index in [1.165, 1.54) is 12.0 Å². The van der Waals surface area contributed by atoms with Crippen LogP contribution in [0.4, 0.5) is 0 Å². The number of benzene rings is 1. The number of hydrogen-bond donors (Lipinski definition) is 1. The van der Waals surface area contributed by atoms with Gasteiger partial charge in [0.05, 0.1) is 0 Å². The quantitative estimate of drug-likeness (QED) is 0.580. The lowest BCUT2D eigenvalue weighted by molar-refractivity contribution is 0.424. The third-order valence-electron chi connectivity index (χ3n) is 3.49. The summed E-state index contributed by atoms with van der Waals surface area (Å²) in [4.78, 5) is 2.23. The van der Waals surface area contributed by atoms with Crippen molar-refractivity contribution in [1.82, 2.24) is 4.90 Å². The zero-order valence-electron chi connectivity index (χ0n) is 11.0.